The van der Waals surface area contributed by atoms with Gasteiger partial charge in [0.1, 0.15) is 0 Å². The number of rotatable bonds is 1. The Balaban J connectivity index is 2.53. The van der Waals surface area contributed by atoms with E-state index in [9.17, 15) is 0 Å². The van der Waals surface area contributed by atoms with Crippen LogP contribution in [0.15, 0.2) is 48.5 Å². The molecule has 0 aliphatic heterocycles. The molecule has 0 unspecified atom stereocenters. The highest BCUT2D eigenvalue weighted by Crippen LogP contribution is 2.31. The van der Waals surface area contributed by atoms with Crippen molar-refractivity contribution in [3.8, 4) is 11.1 Å². The Morgan fingerprint density at radius 3 is 2.06 bits per heavy atom. The summed E-state index contributed by atoms with van der Waals surface area (Å²) in [6.45, 7) is 6.56. The molecule has 0 fully saturated rings. The van der Waals surface area contributed by atoms with Crippen molar-refractivity contribution in [2.45, 2.75) is 26.2 Å². The Hall–Kier alpha value is -1.76. The zero-order valence-corrected chi connectivity index (χ0v) is 10.7. The molecule has 0 aliphatic carbocycles. The average Bonchev–Trinajstić information content (AvgIpc) is 2.29. The molecule has 0 aromatic heterocycles. The summed E-state index contributed by atoms with van der Waals surface area (Å²) >= 11 is 0. The summed E-state index contributed by atoms with van der Waals surface area (Å²) in [5, 5.41) is 0. The van der Waals surface area contributed by atoms with Gasteiger partial charge in [-0.25, -0.2) is 0 Å². The number of benzene rings is 2. The van der Waals surface area contributed by atoms with Crippen molar-refractivity contribution >= 4 is 5.69 Å². The minimum absolute atomic E-state index is 0.0782. The van der Waals surface area contributed by atoms with Gasteiger partial charge in [0, 0.05) is 5.69 Å². The minimum Gasteiger partial charge on any atom is -0.398 e. The van der Waals surface area contributed by atoms with Crippen LogP contribution in [0.5, 0.6) is 0 Å². The number of nitrogens with two attached hydrogens (primary N) is 1. The lowest BCUT2D eigenvalue weighted by atomic mass is 9.84. The quantitative estimate of drug-likeness (QED) is 0.722. The molecule has 0 radical (unpaired) electrons. The summed E-state index contributed by atoms with van der Waals surface area (Å²) in [5.41, 5.74) is 10.7. The van der Waals surface area contributed by atoms with Crippen molar-refractivity contribution in [2.75, 3.05) is 5.73 Å². The third-order valence-electron chi connectivity index (χ3n) is 2.97. The van der Waals surface area contributed by atoms with E-state index in [2.05, 4.69) is 57.2 Å². The smallest absolute Gasteiger partial charge is 0.0352 e. The van der Waals surface area contributed by atoms with Crippen molar-refractivity contribution in [2.24, 2.45) is 0 Å². The zero-order chi connectivity index (χ0) is 12.5. The van der Waals surface area contributed by atoms with E-state index in [1.165, 1.54) is 16.7 Å². The first kappa shape index (κ1) is 11.7. The zero-order valence-electron chi connectivity index (χ0n) is 10.7. The van der Waals surface area contributed by atoms with Gasteiger partial charge in [-0.15, -0.1) is 0 Å². The molecule has 1 nitrogen and oxygen atoms in total. The van der Waals surface area contributed by atoms with E-state index >= 15 is 0 Å². The molecule has 0 spiro atoms. The molecular formula is C16H19N. The van der Waals surface area contributed by atoms with Crippen molar-refractivity contribution in [1.82, 2.24) is 0 Å². The Morgan fingerprint density at radius 2 is 1.47 bits per heavy atom. The van der Waals surface area contributed by atoms with Gasteiger partial charge in [-0.1, -0.05) is 57.2 Å². The van der Waals surface area contributed by atoms with Crippen LogP contribution >= 0.6 is 0 Å². The van der Waals surface area contributed by atoms with E-state index in [1.807, 2.05) is 12.1 Å². The highest BCUT2D eigenvalue weighted by molar-refractivity contribution is 5.68. The van der Waals surface area contributed by atoms with E-state index in [-0.39, 0.29) is 5.41 Å². The molecule has 0 bridgehead atoms. The molecule has 17 heavy (non-hydrogen) atoms. The van der Waals surface area contributed by atoms with Gasteiger partial charge in [-0.3, -0.25) is 0 Å². The number of hydrogen-bond donors (Lipinski definition) is 1. The summed E-state index contributed by atoms with van der Waals surface area (Å²) in [6, 6.07) is 16.7. The summed E-state index contributed by atoms with van der Waals surface area (Å²) in [4.78, 5) is 0. The van der Waals surface area contributed by atoms with Gasteiger partial charge in [-0.2, -0.15) is 0 Å². The van der Waals surface area contributed by atoms with Crippen LogP contribution < -0.4 is 5.73 Å². The maximum atomic E-state index is 6.05. The Bertz CT molecular complexity index is 507. The highest BCUT2D eigenvalue weighted by Gasteiger charge is 2.17. The first-order chi connectivity index (χ1) is 7.98. The van der Waals surface area contributed by atoms with Crippen molar-refractivity contribution in [3.63, 3.8) is 0 Å². The van der Waals surface area contributed by atoms with Crippen LogP contribution in [0.1, 0.15) is 26.3 Å². The lowest BCUT2D eigenvalue weighted by Gasteiger charge is -2.22. The lowest BCUT2D eigenvalue weighted by molar-refractivity contribution is 0.593. The molecular weight excluding hydrogens is 206 g/mol. The molecule has 0 saturated heterocycles. The SMILES string of the molecule is CC(C)(C)c1cc(-c2ccccc2)ccc1N. The van der Waals surface area contributed by atoms with Crippen LogP contribution in [0, 0.1) is 0 Å². The second-order valence-electron chi connectivity index (χ2n) is 5.42. The second kappa shape index (κ2) is 4.25. The van der Waals surface area contributed by atoms with Crippen LogP contribution in [-0.2, 0) is 5.41 Å². The fraction of sp³-hybridized carbons (Fsp3) is 0.250. The highest BCUT2D eigenvalue weighted by atomic mass is 14.6. The van der Waals surface area contributed by atoms with Crippen molar-refractivity contribution in [3.05, 3.63) is 54.1 Å². The number of hydrogen-bond acceptors (Lipinski definition) is 1. The molecule has 0 heterocycles. The Labute approximate surface area is 103 Å². The van der Waals surface area contributed by atoms with Crippen molar-refractivity contribution in [1.29, 1.82) is 0 Å². The van der Waals surface area contributed by atoms with Gasteiger partial charge in [0.2, 0.25) is 0 Å². The predicted molar refractivity (Wildman–Crippen MR) is 75.0 cm³/mol. The molecule has 0 atom stereocenters. The molecule has 2 aromatic carbocycles. The largest absolute Gasteiger partial charge is 0.398 e. The van der Waals surface area contributed by atoms with E-state index in [0.29, 0.717) is 0 Å². The molecule has 0 saturated carbocycles. The summed E-state index contributed by atoms with van der Waals surface area (Å²) < 4.78 is 0. The van der Waals surface area contributed by atoms with E-state index in [4.69, 9.17) is 5.73 Å². The van der Waals surface area contributed by atoms with Crippen LogP contribution in [0.25, 0.3) is 11.1 Å². The first-order valence-electron chi connectivity index (χ1n) is 5.94. The second-order valence-corrected chi connectivity index (χ2v) is 5.42. The molecule has 0 aliphatic rings. The Morgan fingerprint density at radius 1 is 0.824 bits per heavy atom. The molecule has 2 rings (SSSR count). The molecule has 88 valence electrons. The molecule has 2 N–H and O–H groups in total. The third kappa shape index (κ3) is 2.50. The van der Waals surface area contributed by atoms with E-state index in [0.717, 1.165) is 5.69 Å². The standard InChI is InChI=1S/C16H19N/c1-16(2,3)14-11-13(9-10-15(14)17)12-7-5-4-6-8-12/h4-11H,17H2,1-3H3. The maximum absolute atomic E-state index is 6.05. The summed E-state index contributed by atoms with van der Waals surface area (Å²) in [6.07, 6.45) is 0. The monoisotopic (exact) mass is 225 g/mol. The lowest BCUT2D eigenvalue weighted by Crippen LogP contribution is -2.13. The molecule has 1 heteroatoms. The fourth-order valence-electron chi connectivity index (χ4n) is 2.02. The maximum Gasteiger partial charge on any atom is 0.0352 e. The fourth-order valence-corrected chi connectivity index (χ4v) is 2.02. The molecule has 2 aromatic rings. The van der Waals surface area contributed by atoms with Crippen LogP contribution in [0.2, 0.25) is 0 Å². The Kier molecular flexibility index (Phi) is 2.93. The van der Waals surface area contributed by atoms with Gasteiger partial charge in [0.25, 0.3) is 0 Å². The van der Waals surface area contributed by atoms with Gasteiger partial charge in [0.15, 0.2) is 0 Å². The minimum atomic E-state index is 0.0782. The van der Waals surface area contributed by atoms with Crippen LogP contribution in [-0.4, -0.2) is 0 Å². The summed E-state index contributed by atoms with van der Waals surface area (Å²) in [5.74, 6) is 0. The normalized spacial score (nSPS) is 11.5. The van der Waals surface area contributed by atoms with Gasteiger partial charge < -0.3 is 5.73 Å². The third-order valence-corrected chi connectivity index (χ3v) is 2.97. The number of nitrogen functional groups attached to an aromatic ring is 1. The van der Waals surface area contributed by atoms with Gasteiger partial charge in [-0.05, 0) is 34.2 Å². The predicted octanol–water partition coefficient (Wildman–Crippen LogP) is 4.23. The summed E-state index contributed by atoms with van der Waals surface area (Å²) in [7, 11) is 0. The van der Waals surface area contributed by atoms with Gasteiger partial charge >= 0.3 is 0 Å². The molecule has 0 amide bonds. The average molecular weight is 225 g/mol. The van der Waals surface area contributed by atoms with Gasteiger partial charge in [0.05, 0.1) is 0 Å². The van der Waals surface area contributed by atoms with Crippen LogP contribution in [0.3, 0.4) is 0 Å². The number of anilines is 1. The van der Waals surface area contributed by atoms with E-state index in [1.54, 1.807) is 0 Å². The first-order valence-corrected chi connectivity index (χ1v) is 5.94. The van der Waals surface area contributed by atoms with E-state index < -0.39 is 0 Å². The topological polar surface area (TPSA) is 26.0 Å². The van der Waals surface area contributed by atoms with Crippen LogP contribution in [0.4, 0.5) is 5.69 Å². The van der Waals surface area contributed by atoms with Crippen molar-refractivity contribution < 1.29 is 0 Å².